The summed E-state index contributed by atoms with van der Waals surface area (Å²) in [6.07, 6.45) is 3.81. The van der Waals surface area contributed by atoms with Crippen LogP contribution in [-0.4, -0.2) is 5.11 Å². The van der Waals surface area contributed by atoms with Crippen molar-refractivity contribution in [3.8, 4) is 5.75 Å². The third kappa shape index (κ3) is 2.17. The highest BCUT2D eigenvalue weighted by Gasteiger charge is 2.11. The van der Waals surface area contributed by atoms with E-state index < -0.39 is 0 Å². The molecule has 6 rings (SSSR count). The molecule has 0 heterocycles. The van der Waals surface area contributed by atoms with Crippen LogP contribution in [0.5, 0.6) is 5.75 Å². The molecule has 0 saturated heterocycles. The van der Waals surface area contributed by atoms with Crippen LogP contribution in [0.15, 0.2) is 40.9 Å². The quantitative estimate of drug-likeness (QED) is 0.779. The van der Waals surface area contributed by atoms with Gasteiger partial charge in [-0.2, -0.15) is 0 Å². The molecular weight excluding hydrogens is 288 g/mol. The van der Waals surface area contributed by atoms with Crippen molar-refractivity contribution in [3.63, 3.8) is 0 Å². The fraction of sp³-hybridized carbons (Fsp3) is 0.250. The van der Waals surface area contributed by atoms with Gasteiger partial charge in [-0.15, -0.1) is 0 Å². The molecule has 92 valence electrons. The van der Waals surface area contributed by atoms with E-state index >= 15 is 0 Å². The number of phenolic OH excluding ortho intramolecular Hbond substituents is 1. The summed E-state index contributed by atoms with van der Waals surface area (Å²) in [4.78, 5) is 0. The van der Waals surface area contributed by atoms with Gasteiger partial charge in [0.1, 0.15) is 5.75 Å². The van der Waals surface area contributed by atoms with Crippen LogP contribution in [0.3, 0.4) is 0 Å². The Labute approximate surface area is 116 Å². The van der Waals surface area contributed by atoms with Crippen LogP contribution in [0.2, 0.25) is 0 Å². The first-order valence-electron chi connectivity index (χ1n) is 6.31. The lowest BCUT2D eigenvalue weighted by Crippen LogP contribution is -1.99. The van der Waals surface area contributed by atoms with Crippen molar-refractivity contribution in [1.29, 1.82) is 0 Å². The minimum absolute atomic E-state index is 0.419. The molecule has 4 aliphatic carbocycles. The van der Waals surface area contributed by atoms with E-state index in [1.807, 2.05) is 0 Å². The average molecular weight is 303 g/mol. The molecule has 4 aliphatic rings. The predicted molar refractivity (Wildman–Crippen MR) is 77.1 cm³/mol. The molecule has 0 radical (unpaired) electrons. The predicted octanol–water partition coefficient (Wildman–Crippen LogP) is 4.04. The fourth-order valence-electron chi connectivity index (χ4n) is 2.47. The topological polar surface area (TPSA) is 20.2 Å². The summed E-state index contributed by atoms with van der Waals surface area (Å²) in [5, 5.41) is 10.2. The van der Waals surface area contributed by atoms with Crippen LogP contribution in [0, 0.1) is 0 Å². The molecular formula is C16H15BrO. The minimum Gasteiger partial charge on any atom is -0.506 e. The summed E-state index contributed by atoms with van der Waals surface area (Å²) in [5.74, 6) is 0.419. The van der Waals surface area contributed by atoms with E-state index in [0.717, 1.165) is 35.7 Å². The van der Waals surface area contributed by atoms with Gasteiger partial charge in [-0.25, -0.2) is 0 Å². The van der Waals surface area contributed by atoms with E-state index in [1.54, 1.807) is 0 Å². The van der Waals surface area contributed by atoms with Gasteiger partial charge in [-0.05, 0) is 63.9 Å². The Hall–Kier alpha value is -1.28. The summed E-state index contributed by atoms with van der Waals surface area (Å²) >= 11 is 3.52. The molecule has 0 aromatic heterocycles. The molecule has 4 bridgehead atoms. The number of hydrogen-bond donors (Lipinski definition) is 1. The SMILES string of the molecule is Oc1c2ccc(c1Br)CCc1ccc(cc1)CC2. The molecule has 2 aromatic carbocycles. The van der Waals surface area contributed by atoms with Crippen LogP contribution in [-0.2, 0) is 25.7 Å². The molecule has 0 fully saturated rings. The number of hydrogen-bond acceptors (Lipinski definition) is 1. The molecule has 0 saturated carbocycles. The Kier molecular flexibility index (Phi) is 3.13. The van der Waals surface area contributed by atoms with Gasteiger partial charge in [0.15, 0.2) is 0 Å². The van der Waals surface area contributed by atoms with Crippen molar-refractivity contribution in [1.82, 2.24) is 0 Å². The van der Waals surface area contributed by atoms with E-state index in [1.165, 1.54) is 16.7 Å². The monoisotopic (exact) mass is 302 g/mol. The summed E-state index contributed by atoms with van der Waals surface area (Å²) in [7, 11) is 0. The van der Waals surface area contributed by atoms with Crippen LogP contribution < -0.4 is 0 Å². The highest BCUT2D eigenvalue weighted by molar-refractivity contribution is 9.10. The zero-order valence-electron chi connectivity index (χ0n) is 10.1. The Balaban J connectivity index is 2.05. The lowest BCUT2D eigenvalue weighted by atomic mass is 9.96. The van der Waals surface area contributed by atoms with Gasteiger partial charge in [0, 0.05) is 0 Å². The summed E-state index contributed by atoms with van der Waals surface area (Å²) in [5.41, 5.74) is 4.89. The summed E-state index contributed by atoms with van der Waals surface area (Å²) in [6.45, 7) is 0. The van der Waals surface area contributed by atoms with Gasteiger partial charge < -0.3 is 5.11 Å². The van der Waals surface area contributed by atoms with Crippen molar-refractivity contribution < 1.29 is 5.11 Å². The molecule has 0 atom stereocenters. The average Bonchev–Trinajstić information content (AvgIpc) is 2.38. The maximum atomic E-state index is 10.2. The molecule has 2 heteroatoms. The number of benzene rings is 2. The Morgan fingerprint density at radius 1 is 0.722 bits per heavy atom. The van der Waals surface area contributed by atoms with Gasteiger partial charge in [-0.1, -0.05) is 36.4 Å². The van der Waals surface area contributed by atoms with E-state index in [2.05, 4.69) is 52.3 Å². The minimum atomic E-state index is 0.419. The van der Waals surface area contributed by atoms with Crippen molar-refractivity contribution in [2.75, 3.05) is 0 Å². The first-order chi connectivity index (χ1) is 8.74. The number of phenols is 1. The van der Waals surface area contributed by atoms with Gasteiger partial charge in [0.2, 0.25) is 0 Å². The first-order valence-corrected chi connectivity index (χ1v) is 7.10. The van der Waals surface area contributed by atoms with Gasteiger partial charge in [0.25, 0.3) is 0 Å². The highest BCUT2D eigenvalue weighted by Crippen LogP contribution is 2.33. The third-order valence-corrected chi connectivity index (χ3v) is 4.55. The normalized spacial score (nSPS) is 14.3. The zero-order chi connectivity index (χ0) is 12.5. The molecule has 18 heavy (non-hydrogen) atoms. The Morgan fingerprint density at radius 3 is 1.83 bits per heavy atom. The Bertz CT molecular complexity index is 520. The lowest BCUT2D eigenvalue weighted by molar-refractivity contribution is 0.463. The fourth-order valence-corrected chi connectivity index (χ4v) is 3.06. The first kappa shape index (κ1) is 11.8. The van der Waals surface area contributed by atoms with Crippen LogP contribution in [0.4, 0.5) is 0 Å². The van der Waals surface area contributed by atoms with E-state index in [9.17, 15) is 5.11 Å². The van der Waals surface area contributed by atoms with Gasteiger partial charge in [-0.3, -0.25) is 0 Å². The second-order valence-electron chi connectivity index (χ2n) is 4.86. The summed E-state index contributed by atoms with van der Waals surface area (Å²) < 4.78 is 0.870. The second kappa shape index (κ2) is 4.77. The standard InChI is InChI=1S/C16H15BrO/c17-15-13-7-5-11-1-3-12(4-2-11)6-8-14(10-9-13)16(15)18/h1-4,9-10,18H,5-8H2. The second-order valence-corrected chi connectivity index (χ2v) is 5.66. The van der Waals surface area contributed by atoms with Crippen LogP contribution >= 0.6 is 15.9 Å². The number of rotatable bonds is 0. The van der Waals surface area contributed by atoms with Crippen LogP contribution in [0.25, 0.3) is 0 Å². The lowest BCUT2D eigenvalue weighted by Gasteiger charge is -2.13. The molecule has 1 nitrogen and oxygen atoms in total. The van der Waals surface area contributed by atoms with Gasteiger partial charge >= 0.3 is 0 Å². The molecule has 0 spiro atoms. The Morgan fingerprint density at radius 2 is 1.22 bits per heavy atom. The molecule has 0 aliphatic heterocycles. The molecule has 1 N–H and O–H groups in total. The highest BCUT2D eigenvalue weighted by atomic mass is 79.9. The van der Waals surface area contributed by atoms with Crippen molar-refractivity contribution in [2.24, 2.45) is 0 Å². The zero-order valence-corrected chi connectivity index (χ0v) is 11.7. The summed E-state index contributed by atoms with van der Waals surface area (Å²) in [6, 6.07) is 13.0. The maximum Gasteiger partial charge on any atom is 0.133 e. The van der Waals surface area contributed by atoms with Crippen molar-refractivity contribution >= 4 is 15.9 Å². The molecule has 0 amide bonds. The van der Waals surface area contributed by atoms with Gasteiger partial charge in [0.05, 0.1) is 4.47 Å². The van der Waals surface area contributed by atoms with Crippen molar-refractivity contribution in [3.05, 3.63) is 63.1 Å². The smallest absolute Gasteiger partial charge is 0.133 e. The molecule has 0 unspecified atom stereocenters. The van der Waals surface area contributed by atoms with E-state index in [-0.39, 0.29) is 0 Å². The number of halogens is 1. The molecule has 2 aromatic rings. The van der Waals surface area contributed by atoms with Crippen molar-refractivity contribution in [2.45, 2.75) is 25.7 Å². The largest absolute Gasteiger partial charge is 0.506 e. The van der Waals surface area contributed by atoms with Crippen LogP contribution in [0.1, 0.15) is 22.3 Å². The number of aryl methyl sites for hydroxylation is 4. The van der Waals surface area contributed by atoms with E-state index in [0.29, 0.717) is 5.75 Å². The third-order valence-electron chi connectivity index (χ3n) is 3.67. The maximum absolute atomic E-state index is 10.2. The number of aromatic hydroxyl groups is 1. The van der Waals surface area contributed by atoms with E-state index in [4.69, 9.17) is 0 Å².